The van der Waals surface area contributed by atoms with Gasteiger partial charge < -0.3 is 5.32 Å². The Hall–Kier alpha value is -0.820. The molecule has 0 radical (unpaired) electrons. The third-order valence-electron chi connectivity index (χ3n) is 4.87. The van der Waals surface area contributed by atoms with Gasteiger partial charge in [0.2, 0.25) is 0 Å². The van der Waals surface area contributed by atoms with Gasteiger partial charge in [0.25, 0.3) is 0 Å². The van der Waals surface area contributed by atoms with Crippen LogP contribution in [-0.4, -0.2) is 6.04 Å². The summed E-state index contributed by atoms with van der Waals surface area (Å²) in [5.41, 5.74) is 2.89. The highest BCUT2D eigenvalue weighted by atomic mass is 14.9. The standard InChI is InChI=1S/C20H33N/c1-15(2)14-18-9-11-19(12-10-18)17(4)21-20-7-5-6-16(3)8-13-20/h9-12,15-17,20-21H,5-8,13-14H2,1-4H3. The van der Waals surface area contributed by atoms with Crippen LogP contribution in [0.4, 0.5) is 0 Å². The van der Waals surface area contributed by atoms with Crippen LogP contribution in [0.5, 0.6) is 0 Å². The van der Waals surface area contributed by atoms with Crippen LogP contribution in [0.25, 0.3) is 0 Å². The average molecular weight is 287 g/mol. The fourth-order valence-electron chi connectivity index (χ4n) is 3.52. The zero-order valence-corrected chi connectivity index (χ0v) is 14.4. The Morgan fingerprint density at radius 2 is 1.71 bits per heavy atom. The van der Waals surface area contributed by atoms with E-state index in [4.69, 9.17) is 0 Å². The molecule has 118 valence electrons. The van der Waals surface area contributed by atoms with Crippen molar-refractivity contribution in [2.45, 2.75) is 78.3 Å². The summed E-state index contributed by atoms with van der Waals surface area (Å²) in [5.74, 6) is 1.65. The third-order valence-corrected chi connectivity index (χ3v) is 4.87. The van der Waals surface area contributed by atoms with Crippen LogP contribution < -0.4 is 5.32 Å². The van der Waals surface area contributed by atoms with E-state index in [9.17, 15) is 0 Å². The summed E-state index contributed by atoms with van der Waals surface area (Å²) in [4.78, 5) is 0. The molecule has 2 rings (SSSR count). The first-order valence-corrected chi connectivity index (χ1v) is 8.89. The Balaban J connectivity index is 1.88. The lowest BCUT2D eigenvalue weighted by Gasteiger charge is -2.22. The Morgan fingerprint density at radius 3 is 2.38 bits per heavy atom. The lowest BCUT2D eigenvalue weighted by atomic mass is 9.99. The molecular weight excluding hydrogens is 254 g/mol. The fourth-order valence-corrected chi connectivity index (χ4v) is 3.52. The van der Waals surface area contributed by atoms with Crippen molar-refractivity contribution < 1.29 is 0 Å². The zero-order valence-electron chi connectivity index (χ0n) is 14.4. The first-order chi connectivity index (χ1) is 10.0. The molecule has 1 aliphatic carbocycles. The summed E-state index contributed by atoms with van der Waals surface area (Å²) in [7, 11) is 0. The van der Waals surface area contributed by atoms with E-state index in [0.29, 0.717) is 12.1 Å². The van der Waals surface area contributed by atoms with Gasteiger partial charge in [0, 0.05) is 12.1 Å². The van der Waals surface area contributed by atoms with Crippen LogP contribution in [0.3, 0.4) is 0 Å². The molecule has 3 atom stereocenters. The topological polar surface area (TPSA) is 12.0 Å². The number of nitrogens with one attached hydrogen (secondary N) is 1. The van der Waals surface area contributed by atoms with E-state index < -0.39 is 0 Å². The van der Waals surface area contributed by atoms with Crippen molar-refractivity contribution in [3.05, 3.63) is 35.4 Å². The summed E-state index contributed by atoms with van der Waals surface area (Å²) < 4.78 is 0. The Morgan fingerprint density at radius 1 is 1.00 bits per heavy atom. The summed E-state index contributed by atoms with van der Waals surface area (Å²) in [6.07, 6.45) is 8.06. The van der Waals surface area contributed by atoms with Crippen molar-refractivity contribution in [2.75, 3.05) is 0 Å². The number of benzene rings is 1. The van der Waals surface area contributed by atoms with Crippen molar-refractivity contribution in [3.8, 4) is 0 Å². The van der Waals surface area contributed by atoms with Crippen molar-refractivity contribution >= 4 is 0 Å². The maximum atomic E-state index is 3.86. The molecule has 0 heterocycles. The van der Waals surface area contributed by atoms with Crippen molar-refractivity contribution in [3.63, 3.8) is 0 Å². The minimum absolute atomic E-state index is 0.469. The molecule has 0 spiro atoms. The molecule has 1 aliphatic rings. The molecule has 1 heteroatoms. The average Bonchev–Trinajstić information content (AvgIpc) is 2.64. The maximum absolute atomic E-state index is 3.86. The lowest BCUT2D eigenvalue weighted by molar-refractivity contribution is 0.408. The molecule has 3 unspecified atom stereocenters. The van der Waals surface area contributed by atoms with Gasteiger partial charge in [0.15, 0.2) is 0 Å². The van der Waals surface area contributed by atoms with Gasteiger partial charge in [-0.05, 0) is 55.6 Å². The predicted octanol–water partition coefficient (Wildman–Crippen LogP) is 5.50. The van der Waals surface area contributed by atoms with Crippen LogP contribution in [0.2, 0.25) is 0 Å². The summed E-state index contributed by atoms with van der Waals surface area (Å²) in [6, 6.07) is 10.4. The zero-order chi connectivity index (χ0) is 15.2. The molecule has 1 aromatic rings. The highest BCUT2D eigenvalue weighted by molar-refractivity contribution is 5.25. The molecule has 0 saturated heterocycles. The lowest BCUT2D eigenvalue weighted by Crippen LogP contribution is -2.31. The second kappa shape index (κ2) is 7.98. The first-order valence-electron chi connectivity index (χ1n) is 8.89. The Bertz CT molecular complexity index is 406. The molecule has 1 fully saturated rings. The largest absolute Gasteiger partial charge is 0.307 e. The van der Waals surface area contributed by atoms with Crippen LogP contribution >= 0.6 is 0 Å². The molecule has 0 aromatic heterocycles. The number of rotatable bonds is 5. The van der Waals surface area contributed by atoms with E-state index >= 15 is 0 Å². The molecular formula is C20H33N. The van der Waals surface area contributed by atoms with Gasteiger partial charge >= 0.3 is 0 Å². The van der Waals surface area contributed by atoms with Gasteiger partial charge in [-0.15, -0.1) is 0 Å². The maximum Gasteiger partial charge on any atom is 0.0294 e. The van der Waals surface area contributed by atoms with Gasteiger partial charge in [0.1, 0.15) is 0 Å². The molecule has 1 nitrogen and oxygen atoms in total. The summed E-state index contributed by atoms with van der Waals surface area (Å²) in [5, 5.41) is 3.86. The van der Waals surface area contributed by atoms with Crippen LogP contribution in [0, 0.1) is 11.8 Å². The van der Waals surface area contributed by atoms with Gasteiger partial charge in [-0.3, -0.25) is 0 Å². The molecule has 1 aromatic carbocycles. The van der Waals surface area contributed by atoms with Crippen LogP contribution in [-0.2, 0) is 6.42 Å². The second-order valence-electron chi connectivity index (χ2n) is 7.54. The van der Waals surface area contributed by atoms with E-state index in [-0.39, 0.29) is 0 Å². The minimum atomic E-state index is 0.469. The minimum Gasteiger partial charge on any atom is -0.307 e. The van der Waals surface area contributed by atoms with Crippen molar-refractivity contribution in [1.29, 1.82) is 0 Å². The molecule has 21 heavy (non-hydrogen) atoms. The number of hydrogen-bond acceptors (Lipinski definition) is 1. The van der Waals surface area contributed by atoms with E-state index in [1.54, 1.807) is 0 Å². The predicted molar refractivity (Wildman–Crippen MR) is 92.6 cm³/mol. The van der Waals surface area contributed by atoms with Crippen molar-refractivity contribution in [2.24, 2.45) is 11.8 Å². The van der Waals surface area contributed by atoms with Gasteiger partial charge in [-0.25, -0.2) is 0 Å². The molecule has 1 saturated carbocycles. The summed E-state index contributed by atoms with van der Waals surface area (Å²) >= 11 is 0. The van der Waals surface area contributed by atoms with Gasteiger partial charge in [-0.2, -0.15) is 0 Å². The van der Waals surface area contributed by atoms with Gasteiger partial charge in [0.05, 0.1) is 0 Å². The van der Waals surface area contributed by atoms with E-state index in [0.717, 1.165) is 11.8 Å². The van der Waals surface area contributed by atoms with E-state index in [2.05, 4.69) is 57.3 Å². The monoisotopic (exact) mass is 287 g/mol. The van der Waals surface area contributed by atoms with Crippen LogP contribution in [0.15, 0.2) is 24.3 Å². The fraction of sp³-hybridized carbons (Fsp3) is 0.700. The quantitative estimate of drug-likeness (QED) is 0.705. The highest BCUT2D eigenvalue weighted by Crippen LogP contribution is 2.25. The molecule has 1 N–H and O–H groups in total. The first kappa shape index (κ1) is 16.5. The molecule has 0 amide bonds. The Kier molecular flexibility index (Phi) is 6.29. The molecule has 0 bridgehead atoms. The van der Waals surface area contributed by atoms with E-state index in [1.807, 2.05) is 0 Å². The third kappa shape index (κ3) is 5.47. The van der Waals surface area contributed by atoms with Crippen LogP contribution in [0.1, 0.15) is 77.0 Å². The highest BCUT2D eigenvalue weighted by Gasteiger charge is 2.18. The van der Waals surface area contributed by atoms with E-state index in [1.165, 1.54) is 49.7 Å². The SMILES string of the molecule is CC(C)Cc1ccc(C(C)NC2CCCC(C)CC2)cc1. The smallest absolute Gasteiger partial charge is 0.0294 e. The Labute approximate surface area is 131 Å². The molecule has 0 aliphatic heterocycles. The normalized spacial score (nSPS) is 24.8. The van der Waals surface area contributed by atoms with Crippen molar-refractivity contribution in [1.82, 2.24) is 5.32 Å². The second-order valence-corrected chi connectivity index (χ2v) is 7.54. The summed E-state index contributed by atoms with van der Waals surface area (Å²) in [6.45, 7) is 9.28. The number of hydrogen-bond donors (Lipinski definition) is 1. The van der Waals surface area contributed by atoms with Gasteiger partial charge in [-0.1, -0.05) is 57.9 Å².